The Kier molecular flexibility index (Phi) is 4.19. The number of allylic oxidation sites excluding steroid dienone is 3. The van der Waals surface area contributed by atoms with Crippen molar-refractivity contribution in [1.29, 1.82) is 0 Å². The Morgan fingerprint density at radius 1 is 0.960 bits per heavy atom. The third-order valence-corrected chi connectivity index (χ3v) is 4.87. The average Bonchev–Trinajstić information content (AvgIpc) is 3.31. The number of hydrogen-bond acceptors (Lipinski definition) is 2. The van der Waals surface area contributed by atoms with E-state index < -0.39 is 0 Å². The van der Waals surface area contributed by atoms with Gasteiger partial charge in [0.05, 0.1) is 7.11 Å². The quantitative estimate of drug-likeness (QED) is 0.504. The predicted molar refractivity (Wildman–Crippen MR) is 103 cm³/mol. The summed E-state index contributed by atoms with van der Waals surface area (Å²) in [6, 6.07) is 18.7. The molecule has 2 heteroatoms. The van der Waals surface area contributed by atoms with Crippen LogP contribution >= 0.6 is 0 Å². The fourth-order valence-corrected chi connectivity index (χ4v) is 3.68. The van der Waals surface area contributed by atoms with Gasteiger partial charge in [-0.2, -0.15) is 0 Å². The van der Waals surface area contributed by atoms with Crippen LogP contribution in [0.2, 0.25) is 0 Å². The molecule has 0 amide bonds. The summed E-state index contributed by atoms with van der Waals surface area (Å²) in [4.78, 5) is 0. The molecule has 0 saturated carbocycles. The van der Waals surface area contributed by atoms with Crippen molar-refractivity contribution in [1.82, 2.24) is 0 Å². The van der Waals surface area contributed by atoms with Crippen molar-refractivity contribution < 1.29 is 9.15 Å². The fraction of sp³-hybridized carbons (Fsp3) is 0.217. The highest BCUT2D eigenvalue weighted by Crippen LogP contribution is 2.39. The standard InChI is InChI=1S/C23H22O2/c1-16(21(24-2)17-12-6-7-13-17)22-19-14-8-9-15-20(19)23(25-22)18-10-4-3-5-11-18/h3-5,8-12,14-15H,6-7,13H2,1-2H3/b21-16-. The summed E-state index contributed by atoms with van der Waals surface area (Å²) < 4.78 is 12.2. The molecule has 3 aromatic rings. The Balaban J connectivity index is 1.94. The maximum atomic E-state index is 6.39. The molecular formula is C23H22O2. The monoisotopic (exact) mass is 330 g/mol. The van der Waals surface area contributed by atoms with Gasteiger partial charge in [0, 0.05) is 21.9 Å². The lowest BCUT2D eigenvalue weighted by atomic mass is 10.0. The van der Waals surface area contributed by atoms with Crippen molar-refractivity contribution in [2.24, 2.45) is 0 Å². The summed E-state index contributed by atoms with van der Waals surface area (Å²) >= 11 is 0. The summed E-state index contributed by atoms with van der Waals surface area (Å²) in [6.45, 7) is 2.10. The summed E-state index contributed by atoms with van der Waals surface area (Å²) in [5.41, 5.74) is 3.45. The molecule has 0 aliphatic heterocycles. The first kappa shape index (κ1) is 15.8. The Morgan fingerprint density at radius 2 is 1.68 bits per heavy atom. The number of hydrogen-bond donors (Lipinski definition) is 0. The van der Waals surface area contributed by atoms with E-state index >= 15 is 0 Å². The van der Waals surface area contributed by atoms with Gasteiger partial charge in [0.2, 0.25) is 0 Å². The third-order valence-electron chi connectivity index (χ3n) is 4.87. The predicted octanol–water partition coefficient (Wildman–Crippen LogP) is 6.59. The molecular weight excluding hydrogens is 308 g/mol. The van der Waals surface area contributed by atoms with Crippen LogP contribution in [0.25, 0.3) is 27.7 Å². The number of rotatable bonds is 4. The molecule has 0 spiro atoms. The first-order valence-corrected chi connectivity index (χ1v) is 8.81. The molecule has 0 fully saturated rings. The van der Waals surface area contributed by atoms with Gasteiger partial charge in [-0.05, 0) is 31.8 Å². The van der Waals surface area contributed by atoms with Gasteiger partial charge in [0.25, 0.3) is 0 Å². The Labute approximate surface area is 148 Å². The van der Waals surface area contributed by atoms with Gasteiger partial charge in [0.15, 0.2) is 0 Å². The van der Waals surface area contributed by atoms with E-state index in [1.165, 1.54) is 12.0 Å². The highest BCUT2D eigenvalue weighted by Gasteiger charge is 2.20. The highest BCUT2D eigenvalue weighted by molar-refractivity contribution is 6.00. The summed E-state index contributed by atoms with van der Waals surface area (Å²) in [5, 5.41) is 2.27. The van der Waals surface area contributed by atoms with Crippen LogP contribution < -0.4 is 0 Å². The fourth-order valence-electron chi connectivity index (χ4n) is 3.68. The first-order chi connectivity index (χ1) is 12.3. The molecule has 0 saturated heterocycles. The largest absolute Gasteiger partial charge is 0.496 e. The maximum absolute atomic E-state index is 6.39. The van der Waals surface area contributed by atoms with Crippen LogP contribution in [-0.4, -0.2) is 7.11 Å². The van der Waals surface area contributed by atoms with Gasteiger partial charge in [-0.25, -0.2) is 0 Å². The molecule has 1 aromatic heterocycles. The Bertz CT molecular complexity index is 958. The summed E-state index contributed by atoms with van der Waals surface area (Å²) in [7, 11) is 1.75. The van der Waals surface area contributed by atoms with Crippen LogP contribution in [0, 0.1) is 0 Å². The van der Waals surface area contributed by atoms with Crippen molar-refractivity contribution in [2.45, 2.75) is 26.2 Å². The number of furan rings is 1. The van der Waals surface area contributed by atoms with Gasteiger partial charge in [-0.15, -0.1) is 0 Å². The molecule has 1 aliphatic carbocycles. The molecule has 1 heterocycles. The van der Waals surface area contributed by atoms with Gasteiger partial charge < -0.3 is 9.15 Å². The molecule has 2 nitrogen and oxygen atoms in total. The Morgan fingerprint density at radius 3 is 2.36 bits per heavy atom. The number of fused-ring (bicyclic) bond motifs is 1. The normalized spacial score (nSPS) is 15.2. The SMILES string of the molecule is CO/C(C1=CCCC1)=C(/C)c1oc(-c2ccccc2)c2ccccc12. The van der Waals surface area contributed by atoms with E-state index in [-0.39, 0.29) is 0 Å². The van der Waals surface area contributed by atoms with E-state index in [0.717, 1.165) is 52.0 Å². The number of benzene rings is 2. The van der Waals surface area contributed by atoms with Crippen molar-refractivity contribution in [3.05, 3.63) is 77.8 Å². The zero-order valence-corrected chi connectivity index (χ0v) is 14.7. The smallest absolute Gasteiger partial charge is 0.142 e. The second-order valence-electron chi connectivity index (χ2n) is 6.45. The molecule has 0 atom stereocenters. The molecule has 0 N–H and O–H groups in total. The molecule has 126 valence electrons. The average molecular weight is 330 g/mol. The lowest BCUT2D eigenvalue weighted by Crippen LogP contribution is -1.94. The summed E-state index contributed by atoms with van der Waals surface area (Å²) in [6.07, 6.45) is 5.68. The zero-order chi connectivity index (χ0) is 17.2. The topological polar surface area (TPSA) is 22.4 Å². The van der Waals surface area contributed by atoms with Crippen LogP contribution in [0.3, 0.4) is 0 Å². The van der Waals surface area contributed by atoms with E-state index in [1.54, 1.807) is 7.11 Å². The molecule has 25 heavy (non-hydrogen) atoms. The van der Waals surface area contributed by atoms with Gasteiger partial charge in [-0.3, -0.25) is 0 Å². The van der Waals surface area contributed by atoms with Crippen molar-refractivity contribution in [3.63, 3.8) is 0 Å². The van der Waals surface area contributed by atoms with Crippen molar-refractivity contribution in [2.75, 3.05) is 7.11 Å². The maximum Gasteiger partial charge on any atom is 0.142 e. The van der Waals surface area contributed by atoms with Crippen LogP contribution in [-0.2, 0) is 4.74 Å². The lowest BCUT2D eigenvalue weighted by Gasteiger charge is -2.11. The molecule has 0 radical (unpaired) electrons. The first-order valence-electron chi connectivity index (χ1n) is 8.81. The number of methoxy groups -OCH3 is 1. The van der Waals surface area contributed by atoms with Crippen LogP contribution in [0.4, 0.5) is 0 Å². The molecule has 0 unspecified atom stereocenters. The van der Waals surface area contributed by atoms with Crippen molar-refractivity contribution >= 4 is 16.3 Å². The third kappa shape index (κ3) is 2.78. The van der Waals surface area contributed by atoms with Crippen molar-refractivity contribution in [3.8, 4) is 11.3 Å². The van der Waals surface area contributed by atoms with E-state index in [9.17, 15) is 0 Å². The molecule has 2 aromatic carbocycles. The minimum absolute atomic E-state index is 0.902. The molecule has 0 bridgehead atoms. The minimum Gasteiger partial charge on any atom is -0.496 e. The van der Waals surface area contributed by atoms with E-state index in [2.05, 4.69) is 49.4 Å². The van der Waals surface area contributed by atoms with E-state index in [1.807, 2.05) is 18.2 Å². The second kappa shape index (κ2) is 6.64. The minimum atomic E-state index is 0.902. The van der Waals surface area contributed by atoms with E-state index in [0.29, 0.717) is 0 Å². The van der Waals surface area contributed by atoms with Crippen LogP contribution in [0.15, 0.2) is 76.4 Å². The molecule has 4 rings (SSSR count). The number of ether oxygens (including phenoxy) is 1. The van der Waals surface area contributed by atoms with Gasteiger partial charge in [-0.1, -0.05) is 60.7 Å². The van der Waals surface area contributed by atoms with Crippen LogP contribution in [0.1, 0.15) is 31.9 Å². The van der Waals surface area contributed by atoms with Gasteiger partial charge >= 0.3 is 0 Å². The lowest BCUT2D eigenvalue weighted by molar-refractivity contribution is 0.300. The zero-order valence-electron chi connectivity index (χ0n) is 14.7. The van der Waals surface area contributed by atoms with E-state index in [4.69, 9.17) is 9.15 Å². The van der Waals surface area contributed by atoms with Gasteiger partial charge in [0.1, 0.15) is 17.3 Å². The molecule has 1 aliphatic rings. The Hall–Kier alpha value is -2.74. The highest BCUT2D eigenvalue weighted by atomic mass is 16.5. The summed E-state index contributed by atoms with van der Waals surface area (Å²) in [5.74, 6) is 2.78. The second-order valence-corrected chi connectivity index (χ2v) is 6.45. The van der Waals surface area contributed by atoms with Crippen LogP contribution in [0.5, 0.6) is 0 Å².